The fourth-order valence-electron chi connectivity index (χ4n) is 3.35. The summed E-state index contributed by atoms with van der Waals surface area (Å²) in [6.07, 6.45) is 3.22. The number of nitrogens with zero attached hydrogens (tertiary/aromatic N) is 1. The zero-order valence-electron chi connectivity index (χ0n) is 15.6. The number of aryl methyl sites for hydroxylation is 1. The van der Waals surface area contributed by atoms with Crippen molar-refractivity contribution in [1.29, 1.82) is 0 Å². The first-order chi connectivity index (χ1) is 12.9. The van der Waals surface area contributed by atoms with Gasteiger partial charge in [-0.3, -0.25) is 4.79 Å². The Morgan fingerprint density at radius 3 is 2.81 bits per heavy atom. The molecule has 0 radical (unpaired) electrons. The van der Waals surface area contributed by atoms with Crippen molar-refractivity contribution < 1.29 is 23.0 Å². The van der Waals surface area contributed by atoms with Crippen molar-refractivity contribution >= 4 is 17.2 Å². The second-order valence-corrected chi connectivity index (χ2v) is 8.07. The van der Waals surface area contributed by atoms with Crippen LogP contribution in [0.5, 0.6) is 11.5 Å². The number of halogens is 2. The van der Waals surface area contributed by atoms with E-state index in [1.165, 1.54) is 23.6 Å². The molecule has 1 amide bonds. The maximum Gasteiger partial charge on any atom is 0.387 e. The Labute approximate surface area is 161 Å². The van der Waals surface area contributed by atoms with E-state index >= 15 is 0 Å². The quantitative estimate of drug-likeness (QED) is 0.708. The Morgan fingerprint density at radius 1 is 1.33 bits per heavy atom. The summed E-state index contributed by atoms with van der Waals surface area (Å²) < 4.78 is 34.7. The summed E-state index contributed by atoms with van der Waals surface area (Å²) in [4.78, 5) is 16.4. The van der Waals surface area contributed by atoms with Crippen LogP contribution in [0.3, 0.4) is 0 Å². The highest BCUT2D eigenvalue weighted by atomic mass is 32.1. The number of carbonyl (C=O) groups is 1. The number of rotatable bonds is 6. The standard InChI is InChI=1S/C20H23F2NO3S/c1-12-4-7-17-14(8-12)10-18(27-17)19(24)23(2)11-13-5-6-15(25-3)16(9-13)26-20(21)22/h5-6,9-10,12,20H,4,7-8,11H2,1-3H3. The number of ether oxygens (including phenoxy) is 2. The van der Waals surface area contributed by atoms with Crippen LogP contribution in [0.2, 0.25) is 0 Å². The molecule has 2 aromatic rings. The van der Waals surface area contributed by atoms with E-state index in [2.05, 4.69) is 11.7 Å². The van der Waals surface area contributed by atoms with Crippen LogP contribution >= 0.6 is 11.3 Å². The van der Waals surface area contributed by atoms with Gasteiger partial charge in [-0.25, -0.2) is 0 Å². The van der Waals surface area contributed by atoms with Crippen LogP contribution < -0.4 is 9.47 Å². The molecule has 0 fully saturated rings. The zero-order valence-corrected chi connectivity index (χ0v) is 16.4. The molecule has 0 saturated heterocycles. The number of methoxy groups -OCH3 is 1. The van der Waals surface area contributed by atoms with E-state index in [1.54, 1.807) is 35.4 Å². The molecule has 7 heteroatoms. The summed E-state index contributed by atoms with van der Waals surface area (Å²) in [6.45, 7) is -0.411. The van der Waals surface area contributed by atoms with Gasteiger partial charge in [0.25, 0.3) is 5.91 Å². The third-order valence-corrected chi connectivity index (χ3v) is 5.98. The molecular formula is C20H23F2NO3S. The van der Waals surface area contributed by atoms with Gasteiger partial charge in [-0.1, -0.05) is 13.0 Å². The third kappa shape index (κ3) is 4.58. The van der Waals surface area contributed by atoms with E-state index in [0.717, 1.165) is 24.1 Å². The molecular weight excluding hydrogens is 372 g/mol. The van der Waals surface area contributed by atoms with Crippen molar-refractivity contribution in [3.05, 3.63) is 45.1 Å². The van der Waals surface area contributed by atoms with Gasteiger partial charge in [0.1, 0.15) is 0 Å². The number of amides is 1. The molecule has 1 aliphatic carbocycles. The van der Waals surface area contributed by atoms with E-state index < -0.39 is 6.61 Å². The molecule has 0 N–H and O–H groups in total. The molecule has 0 saturated carbocycles. The van der Waals surface area contributed by atoms with Crippen molar-refractivity contribution in [1.82, 2.24) is 4.90 Å². The van der Waals surface area contributed by atoms with E-state index in [-0.39, 0.29) is 17.4 Å². The topological polar surface area (TPSA) is 38.8 Å². The van der Waals surface area contributed by atoms with Gasteiger partial charge in [-0.15, -0.1) is 11.3 Å². The molecule has 1 aliphatic rings. The lowest BCUT2D eigenvalue weighted by Gasteiger charge is -2.18. The van der Waals surface area contributed by atoms with Crippen molar-refractivity contribution in [3.63, 3.8) is 0 Å². The second kappa shape index (κ2) is 8.25. The maximum atomic E-state index is 12.8. The molecule has 1 atom stereocenters. The van der Waals surface area contributed by atoms with Gasteiger partial charge in [0, 0.05) is 18.5 Å². The number of carbonyl (C=O) groups excluding carboxylic acids is 1. The van der Waals surface area contributed by atoms with Gasteiger partial charge in [-0.05, 0) is 54.5 Å². The van der Waals surface area contributed by atoms with Crippen LogP contribution in [-0.2, 0) is 19.4 Å². The molecule has 1 unspecified atom stereocenters. The maximum absolute atomic E-state index is 12.8. The molecule has 146 valence electrons. The highest BCUT2D eigenvalue weighted by Gasteiger charge is 2.22. The minimum atomic E-state index is -2.94. The largest absolute Gasteiger partial charge is 0.493 e. The number of fused-ring (bicyclic) bond motifs is 1. The Bertz CT molecular complexity index is 822. The molecule has 3 rings (SSSR count). The van der Waals surface area contributed by atoms with Crippen molar-refractivity contribution in [3.8, 4) is 11.5 Å². The Kier molecular flexibility index (Phi) is 5.99. The average Bonchev–Trinajstić information content (AvgIpc) is 3.03. The fourth-order valence-corrected chi connectivity index (χ4v) is 4.56. The summed E-state index contributed by atoms with van der Waals surface area (Å²) in [5.74, 6) is 0.786. The molecule has 0 bridgehead atoms. The Morgan fingerprint density at radius 2 is 2.11 bits per heavy atom. The number of alkyl halides is 2. The lowest BCUT2D eigenvalue weighted by atomic mass is 9.90. The highest BCUT2D eigenvalue weighted by molar-refractivity contribution is 7.14. The molecule has 27 heavy (non-hydrogen) atoms. The summed E-state index contributed by atoms with van der Waals surface area (Å²) >= 11 is 1.57. The number of benzene rings is 1. The molecule has 1 heterocycles. The Balaban J connectivity index is 1.73. The molecule has 4 nitrogen and oxygen atoms in total. The predicted molar refractivity (Wildman–Crippen MR) is 101 cm³/mol. The van der Waals surface area contributed by atoms with E-state index in [1.807, 2.05) is 6.07 Å². The van der Waals surface area contributed by atoms with Crippen LogP contribution in [0.4, 0.5) is 8.78 Å². The molecule has 1 aromatic carbocycles. The first-order valence-electron chi connectivity index (χ1n) is 8.86. The minimum absolute atomic E-state index is 0.0357. The third-order valence-electron chi connectivity index (χ3n) is 4.75. The summed E-state index contributed by atoms with van der Waals surface area (Å²) in [7, 11) is 3.10. The van der Waals surface area contributed by atoms with Gasteiger partial charge in [0.2, 0.25) is 0 Å². The second-order valence-electron chi connectivity index (χ2n) is 6.93. The summed E-state index contributed by atoms with van der Waals surface area (Å²) in [5, 5.41) is 0. The molecule has 1 aromatic heterocycles. The number of hydrogen-bond acceptors (Lipinski definition) is 4. The molecule has 0 aliphatic heterocycles. The highest BCUT2D eigenvalue weighted by Crippen LogP contribution is 2.33. The first-order valence-corrected chi connectivity index (χ1v) is 9.67. The van der Waals surface area contributed by atoms with Crippen LogP contribution in [-0.4, -0.2) is 31.6 Å². The van der Waals surface area contributed by atoms with Crippen LogP contribution in [0.1, 0.15) is 39.0 Å². The van der Waals surface area contributed by atoms with Gasteiger partial charge < -0.3 is 14.4 Å². The number of thiophene rings is 1. The van der Waals surface area contributed by atoms with Crippen molar-refractivity contribution in [2.24, 2.45) is 5.92 Å². The van der Waals surface area contributed by atoms with Gasteiger partial charge in [-0.2, -0.15) is 8.78 Å². The van der Waals surface area contributed by atoms with Crippen LogP contribution in [0, 0.1) is 5.92 Å². The number of hydrogen-bond donors (Lipinski definition) is 0. The van der Waals surface area contributed by atoms with Crippen LogP contribution in [0.15, 0.2) is 24.3 Å². The van der Waals surface area contributed by atoms with Crippen molar-refractivity contribution in [2.75, 3.05) is 14.2 Å². The van der Waals surface area contributed by atoms with Gasteiger partial charge in [0.15, 0.2) is 11.5 Å². The Hall–Kier alpha value is -2.15. The van der Waals surface area contributed by atoms with E-state index in [9.17, 15) is 13.6 Å². The summed E-state index contributed by atoms with van der Waals surface area (Å²) in [6, 6.07) is 6.79. The zero-order chi connectivity index (χ0) is 19.6. The lowest BCUT2D eigenvalue weighted by Crippen LogP contribution is -2.25. The average molecular weight is 395 g/mol. The minimum Gasteiger partial charge on any atom is -0.493 e. The van der Waals surface area contributed by atoms with Gasteiger partial charge >= 0.3 is 6.61 Å². The van der Waals surface area contributed by atoms with Crippen molar-refractivity contribution in [2.45, 2.75) is 39.3 Å². The first kappa shape index (κ1) is 19.6. The van der Waals surface area contributed by atoms with Gasteiger partial charge in [0.05, 0.1) is 12.0 Å². The van der Waals surface area contributed by atoms with E-state index in [4.69, 9.17) is 4.74 Å². The SMILES string of the molecule is COc1ccc(CN(C)C(=O)c2cc3c(s2)CCC(C)C3)cc1OC(F)F. The smallest absolute Gasteiger partial charge is 0.387 e. The molecule has 0 spiro atoms. The van der Waals surface area contributed by atoms with E-state index in [0.29, 0.717) is 18.0 Å². The monoisotopic (exact) mass is 395 g/mol. The predicted octanol–water partition coefficient (Wildman–Crippen LogP) is 4.76. The fraction of sp³-hybridized carbons (Fsp3) is 0.450. The normalized spacial score (nSPS) is 16.1. The van der Waals surface area contributed by atoms with Crippen LogP contribution in [0.25, 0.3) is 0 Å². The lowest BCUT2D eigenvalue weighted by molar-refractivity contribution is -0.0512. The summed E-state index contributed by atoms with van der Waals surface area (Å²) in [5.41, 5.74) is 1.98.